The summed E-state index contributed by atoms with van der Waals surface area (Å²) in [4.78, 5) is 8.74. The number of nitrogens with two attached hydrogens (primary N) is 2. The summed E-state index contributed by atoms with van der Waals surface area (Å²) in [6.07, 6.45) is 0. The van der Waals surface area contributed by atoms with Crippen LogP contribution in [0.3, 0.4) is 0 Å². The topological polar surface area (TPSA) is 87.0 Å². The number of anilines is 2. The van der Waals surface area contributed by atoms with Crippen LogP contribution < -0.4 is 11.5 Å². The molecule has 3 rings (SSSR count). The molecule has 0 saturated carbocycles. The van der Waals surface area contributed by atoms with Crippen LogP contribution in [0.15, 0.2) is 30.3 Å². The Balaban J connectivity index is 2.15. The van der Waals surface area contributed by atoms with E-state index in [-0.39, 0.29) is 10.8 Å². The number of nitrogen functional groups attached to an aromatic ring is 2. The van der Waals surface area contributed by atoms with Gasteiger partial charge in [0.05, 0.1) is 10.5 Å². The summed E-state index contributed by atoms with van der Waals surface area (Å²) in [6, 6.07) is 7.67. The van der Waals surface area contributed by atoms with Crippen molar-refractivity contribution in [2.24, 2.45) is 0 Å². The highest BCUT2D eigenvalue weighted by Crippen LogP contribution is 2.28. The van der Waals surface area contributed by atoms with E-state index in [1.165, 1.54) is 12.1 Å². The molecule has 25 heavy (non-hydrogen) atoms. The van der Waals surface area contributed by atoms with Gasteiger partial charge in [-0.1, -0.05) is 23.4 Å². The van der Waals surface area contributed by atoms with Crippen molar-refractivity contribution in [3.05, 3.63) is 46.7 Å². The van der Waals surface area contributed by atoms with Crippen LogP contribution in [0, 0.1) is 17.7 Å². The van der Waals surface area contributed by atoms with Gasteiger partial charge in [0.25, 0.3) is 0 Å². The Morgan fingerprint density at radius 3 is 2.72 bits per heavy atom. The molecule has 0 radical (unpaired) electrons. The molecule has 0 amide bonds. The van der Waals surface area contributed by atoms with Crippen LogP contribution in [0.5, 0.6) is 0 Å². The molecular formula is C18H14ClFN4O. The third-order valence-corrected chi connectivity index (χ3v) is 3.80. The first-order chi connectivity index (χ1) is 12.0. The van der Waals surface area contributed by atoms with E-state index in [0.29, 0.717) is 40.1 Å². The van der Waals surface area contributed by atoms with Crippen molar-refractivity contribution >= 4 is 34.0 Å². The molecule has 3 aromatic rings. The van der Waals surface area contributed by atoms with Crippen LogP contribution >= 0.6 is 11.6 Å². The van der Waals surface area contributed by atoms with Crippen LogP contribution in [0.2, 0.25) is 5.02 Å². The maximum absolute atomic E-state index is 13.4. The average Bonchev–Trinajstić information content (AvgIpc) is 2.58. The van der Waals surface area contributed by atoms with Crippen LogP contribution in [0.25, 0.3) is 22.3 Å². The van der Waals surface area contributed by atoms with E-state index in [0.717, 1.165) is 0 Å². The lowest BCUT2D eigenvalue weighted by atomic mass is 10.1. The Hall–Kier alpha value is -2.88. The lowest BCUT2D eigenvalue weighted by Crippen LogP contribution is -2.00. The van der Waals surface area contributed by atoms with Crippen molar-refractivity contribution in [3.8, 4) is 23.2 Å². The fourth-order valence-corrected chi connectivity index (χ4v) is 2.47. The van der Waals surface area contributed by atoms with E-state index in [9.17, 15) is 4.39 Å². The van der Waals surface area contributed by atoms with Gasteiger partial charge in [-0.2, -0.15) is 0 Å². The summed E-state index contributed by atoms with van der Waals surface area (Å²) in [7, 11) is 1.56. The number of hydrogen-bond acceptors (Lipinski definition) is 5. The average molecular weight is 357 g/mol. The molecule has 126 valence electrons. The lowest BCUT2D eigenvalue weighted by molar-refractivity contribution is 0.240. The highest BCUT2D eigenvalue weighted by Gasteiger charge is 2.11. The van der Waals surface area contributed by atoms with Crippen molar-refractivity contribution in [3.63, 3.8) is 0 Å². The maximum atomic E-state index is 13.4. The summed E-state index contributed by atoms with van der Waals surface area (Å²) < 4.78 is 18.3. The van der Waals surface area contributed by atoms with Crippen LogP contribution in [0.1, 0.15) is 5.56 Å². The maximum Gasteiger partial charge on any atom is 0.162 e. The number of rotatable bonds is 2. The second-order valence-corrected chi connectivity index (χ2v) is 5.66. The molecule has 4 N–H and O–H groups in total. The SMILES string of the molecule is COCC#Cc1cc2nc(-c3ccc(F)c(Cl)c3)nc(N)c2cc1N. The molecule has 1 heterocycles. The molecule has 0 fully saturated rings. The summed E-state index contributed by atoms with van der Waals surface area (Å²) in [6.45, 7) is 0.294. The molecular weight excluding hydrogens is 343 g/mol. The first-order valence-corrected chi connectivity index (χ1v) is 7.67. The van der Waals surface area contributed by atoms with E-state index < -0.39 is 5.82 Å². The van der Waals surface area contributed by atoms with Crippen LogP contribution in [-0.2, 0) is 4.74 Å². The molecule has 0 aliphatic carbocycles. The fraction of sp³-hybridized carbons (Fsp3) is 0.111. The molecule has 2 aromatic carbocycles. The van der Waals surface area contributed by atoms with Crippen molar-refractivity contribution in [1.29, 1.82) is 0 Å². The number of methoxy groups -OCH3 is 1. The van der Waals surface area contributed by atoms with E-state index >= 15 is 0 Å². The number of hydrogen-bond donors (Lipinski definition) is 2. The number of halogens is 2. The van der Waals surface area contributed by atoms with E-state index in [4.69, 9.17) is 27.8 Å². The molecule has 0 atom stereocenters. The van der Waals surface area contributed by atoms with Gasteiger partial charge >= 0.3 is 0 Å². The van der Waals surface area contributed by atoms with Gasteiger partial charge in [0.2, 0.25) is 0 Å². The zero-order chi connectivity index (χ0) is 18.0. The minimum Gasteiger partial charge on any atom is -0.398 e. The molecule has 0 spiro atoms. The number of ether oxygens (including phenoxy) is 1. The molecule has 0 saturated heterocycles. The molecule has 0 bridgehead atoms. The van der Waals surface area contributed by atoms with Crippen LogP contribution in [0.4, 0.5) is 15.9 Å². The second kappa shape index (κ2) is 6.93. The smallest absolute Gasteiger partial charge is 0.162 e. The standard InChI is InChI=1S/C18H14ClFN4O/c1-25-6-2-3-10-8-16-12(9-15(10)21)17(22)24-18(23-16)11-4-5-14(20)13(19)7-11/h4-5,7-9H,6,21H2,1H3,(H2,22,23,24). The molecule has 0 aliphatic heterocycles. The molecule has 1 aromatic heterocycles. The third-order valence-electron chi connectivity index (χ3n) is 3.51. The van der Waals surface area contributed by atoms with Crippen molar-refractivity contribution in [2.75, 3.05) is 25.2 Å². The summed E-state index contributed by atoms with van der Waals surface area (Å²) in [5, 5.41) is 0.606. The Bertz CT molecular complexity index is 1030. The summed E-state index contributed by atoms with van der Waals surface area (Å²) in [5.74, 6) is 5.87. The predicted molar refractivity (Wildman–Crippen MR) is 97.5 cm³/mol. The lowest BCUT2D eigenvalue weighted by Gasteiger charge is -2.08. The molecule has 0 aliphatic rings. The fourth-order valence-electron chi connectivity index (χ4n) is 2.29. The van der Waals surface area contributed by atoms with Crippen molar-refractivity contribution < 1.29 is 9.13 Å². The Morgan fingerprint density at radius 1 is 1.20 bits per heavy atom. The zero-order valence-corrected chi connectivity index (χ0v) is 14.1. The Morgan fingerprint density at radius 2 is 2.00 bits per heavy atom. The highest BCUT2D eigenvalue weighted by molar-refractivity contribution is 6.31. The summed E-state index contributed by atoms with van der Waals surface area (Å²) in [5.41, 5.74) is 14.3. The minimum absolute atomic E-state index is 0.0109. The zero-order valence-electron chi connectivity index (χ0n) is 13.3. The van der Waals surface area contributed by atoms with Gasteiger partial charge in [0, 0.05) is 29.3 Å². The number of benzene rings is 2. The van der Waals surface area contributed by atoms with Gasteiger partial charge in [-0.3, -0.25) is 0 Å². The minimum atomic E-state index is -0.511. The van der Waals surface area contributed by atoms with Gasteiger partial charge in [0.15, 0.2) is 5.82 Å². The number of fused-ring (bicyclic) bond motifs is 1. The number of aromatic nitrogens is 2. The van der Waals surface area contributed by atoms with E-state index in [2.05, 4.69) is 21.8 Å². The third kappa shape index (κ3) is 3.48. The van der Waals surface area contributed by atoms with Gasteiger partial charge < -0.3 is 16.2 Å². The monoisotopic (exact) mass is 356 g/mol. The van der Waals surface area contributed by atoms with E-state index in [1.54, 1.807) is 25.3 Å². The van der Waals surface area contributed by atoms with E-state index in [1.807, 2.05) is 0 Å². The largest absolute Gasteiger partial charge is 0.398 e. The predicted octanol–water partition coefficient (Wildman–Crippen LogP) is 3.25. The Labute approximate surface area is 148 Å². The van der Waals surface area contributed by atoms with Gasteiger partial charge in [0.1, 0.15) is 18.2 Å². The molecule has 7 heteroatoms. The molecule has 0 unspecified atom stereocenters. The van der Waals surface area contributed by atoms with Crippen molar-refractivity contribution in [2.45, 2.75) is 0 Å². The van der Waals surface area contributed by atoms with Gasteiger partial charge in [-0.05, 0) is 30.3 Å². The first-order valence-electron chi connectivity index (χ1n) is 7.29. The summed E-state index contributed by atoms with van der Waals surface area (Å²) >= 11 is 5.83. The number of nitrogens with zero attached hydrogens (tertiary/aromatic N) is 2. The second-order valence-electron chi connectivity index (χ2n) is 5.25. The van der Waals surface area contributed by atoms with Crippen molar-refractivity contribution in [1.82, 2.24) is 9.97 Å². The normalized spacial score (nSPS) is 10.5. The molecule has 5 nitrogen and oxygen atoms in total. The highest BCUT2D eigenvalue weighted by atomic mass is 35.5. The first kappa shape index (κ1) is 17.0. The van der Waals surface area contributed by atoms with Gasteiger partial charge in [-0.25, -0.2) is 14.4 Å². The van der Waals surface area contributed by atoms with Crippen LogP contribution in [-0.4, -0.2) is 23.7 Å². The Kier molecular flexibility index (Phi) is 4.70. The quantitative estimate of drug-likeness (QED) is 0.543. The van der Waals surface area contributed by atoms with Gasteiger partial charge in [-0.15, -0.1) is 0 Å².